The van der Waals surface area contributed by atoms with Crippen molar-refractivity contribution in [2.24, 2.45) is 5.92 Å². The lowest BCUT2D eigenvalue weighted by Gasteiger charge is -2.17. The summed E-state index contributed by atoms with van der Waals surface area (Å²) in [6.45, 7) is 5.82. The first-order valence-corrected chi connectivity index (χ1v) is 8.31. The van der Waals surface area contributed by atoms with Crippen LogP contribution >= 0.6 is 0 Å². The smallest absolute Gasteiger partial charge is 0.333 e. The first-order chi connectivity index (χ1) is 11.6. The molecule has 2 rings (SSSR count). The Kier molecular flexibility index (Phi) is 7.42. The zero-order chi connectivity index (χ0) is 17.5. The van der Waals surface area contributed by atoms with Crippen molar-refractivity contribution >= 4 is 5.97 Å². The maximum Gasteiger partial charge on any atom is 0.333 e. The molecule has 2 fully saturated rings. The molecule has 136 valence electrons. The fourth-order valence-electron chi connectivity index (χ4n) is 3.06. The Bertz CT molecular complexity index is 484. The first kappa shape index (κ1) is 19.1. The van der Waals surface area contributed by atoms with E-state index in [1.54, 1.807) is 27.2 Å². The van der Waals surface area contributed by atoms with Crippen LogP contribution in [0.3, 0.4) is 0 Å². The lowest BCUT2D eigenvalue weighted by atomic mass is 9.94. The quantitative estimate of drug-likeness (QED) is 0.382. The highest BCUT2D eigenvalue weighted by Crippen LogP contribution is 2.35. The molecule has 0 spiro atoms. The number of carbonyl (C=O) groups excluding carboxylic acids is 1. The van der Waals surface area contributed by atoms with Crippen LogP contribution in [0.15, 0.2) is 23.3 Å². The number of allylic oxidation sites excluding steroid dienone is 1. The second kappa shape index (κ2) is 9.32. The van der Waals surface area contributed by atoms with E-state index in [0.717, 1.165) is 6.42 Å². The Morgan fingerprint density at radius 3 is 2.42 bits per heavy atom. The van der Waals surface area contributed by atoms with Crippen LogP contribution in [0.25, 0.3) is 0 Å². The van der Waals surface area contributed by atoms with Gasteiger partial charge in [0, 0.05) is 25.7 Å². The number of fused-ring (bicyclic) bond motifs is 1. The molecule has 0 aliphatic carbocycles. The van der Waals surface area contributed by atoms with Gasteiger partial charge in [-0.05, 0) is 26.3 Å². The zero-order valence-electron chi connectivity index (χ0n) is 14.9. The van der Waals surface area contributed by atoms with Gasteiger partial charge in [-0.3, -0.25) is 0 Å². The first-order valence-electron chi connectivity index (χ1n) is 8.31. The van der Waals surface area contributed by atoms with Gasteiger partial charge in [-0.1, -0.05) is 11.6 Å². The van der Waals surface area contributed by atoms with Gasteiger partial charge < -0.3 is 23.7 Å². The summed E-state index contributed by atoms with van der Waals surface area (Å²) in [6, 6.07) is 0. The van der Waals surface area contributed by atoms with Crippen molar-refractivity contribution in [1.82, 2.24) is 0 Å². The van der Waals surface area contributed by atoms with E-state index >= 15 is 0 Å². The summed E-state index contributed by atoms with van der Waals surface area (Å²) in [5.74, 6) is -0.0542. The van der Waals surface area contributed by atoms with Crippen molar-refractivity contribution < 1.29 is 28.5 Å². The molecule has 0 aromatic rings. The average Bonchev–Trinajstić information content (AvgIpc) is 3.14. The van der Waals surface area contributed by atoms with Crippen molar-refractivity contribution in [2.75, 3.05) is 40.6 Å². The van der Waals surface area contributed by atoms with Gasteiger partial charge >= 0.3 is 5.97 Å². The van der Waals surface area contributed by atoms with E-state index < -0.39 is 0 Å². The standard InChI is InChI=1S/C18H28O6/c1-12(5-7-20-3)9-14-10-22-17-15(11-23-16(14)17)24-18(19)13(2)6-8-21-4/h5-6,14-17H,7-11H2,1-4H3/t14-,15+,16+,17+/m0/s1. The molecule has 0 bridgehead atoms. The molecule has 0 aromatic heterocycles. The molecule has 2 saturated heterocycles. The van der Waals surface area contributed by atoms with Crippen molar-refractivity contribution in [1.29, 1.82) is 0 Å². The third kappa shape index (κ3) is 4.89. The summed E-state index contributed by atoms with van der Waals surface area (Å²) >= 11 is 0. The second-order valence-electron chi connectivity index (χ2n) is 6.35. The average molecular weight is 340 g/mol. The Balaban J connectivity index is 1.87. The van der Waals surface area contributed by atoms with Gasteiger partial charge in [-0.25, -0.2) is 4.79 Å². The Morgan fingerprint density at radius 1 is 1.04 bits per heavy atom. The molecule has 2 aliphatic heterocycles. The van der Waals surface area contributed by atoms with E-state index in [-0.39, 0.29) is 30.2 Å². The van der Waals surface area contributed by atoms with Gasteiger partial charge in [-0.2, -0.15) is 0 Å². The summed E-state index contributed by atoms with van der Waals surface area (Å²) < 4.78 is 27.3. The topological polar surface area (TPSA) is 63.2 Å². The molecular weight excluding hydrogens is 312 g/mol. The minimum absolute atomic E-state index is 0.0167. The van der Waals surface area contributed by atoms with Crippen LogP contribution in [-0.4, -0.2) is 64.9 Å². The minimum Gasteiger partial charge on any atom is -0.454 e. The largest absolute Gasteiger partial charge is 0.454 e. The molecule has 0 N–H and O–H groups in total. The third-order valence-corrected chi connectivity index (χ3v) is 4.43. The van der Waals surface area contributed by atoms with Gasteiger partial charge in [0.1, 0.15) is 6.10 Å². The number of hydrogen-bond donors (Lipinski definition) is 0. The van der Waals surface area contributed by atoms with Gasteiger partial charge in [0.05, 0.1) is 32.5 Å². The Morgan fingerprint density at radius 2 is 1.71 bits per heavy atom. The summed E-state index contributed by atoms with van der Waals surface area (Å²) in [5, 5.41) is 0. The van der Waals surface area contributed by atoms with Crippen LogP contribution in [0.2, 0.25) is 0 Å². The number of esters is 1. The highest BCUT2D eigenvalue weighted by Gasteiger charge is 2.49. The monoisotopic (exact) mass is 340 g/mol. The Hall–Kier alpha value is -1.21. The summed E-state index contributed by atoms with van der Waals surface area (Å²) in [7, 11) is 3.26. The number of hydrogen-bond acceptors (Lipinski definition) is 6. The minimum atomic E-state index is -0.346. The fourth-order valence-corrected chi connectivity index (χ4v) is 3.06. The van der Waals surface area contributed by atoms with Crippen LogP contribution in [0.5, 0.6) is 0 Å². The van der Waals surface area contributed by atoms with Crippen LogP contribution in [0.1, 0.15) is 20.3 Å². The van der Waals surface area contributed by atoms with E-state index in [9.17, 15) is 4.79 Å². The molecule has 6 heteroatoms. The molecule has 0 radical (unpaired) electrons. The van der Waals surface area contributed by atoms with Gasteiger partial charge in [0.2, 0.25) is 0 Å². The molecule has 0 saturated carbocycles. The molecule has 6 nitrogen and oxygen atoms in total. The van der Waals surface area contributed by atoms with E-state index in [0.29, 0.717) is 32.0 Å². The molecule has 2 heterocycles. The zero-order valence-corrected chi connectivity index (χ0v) is 14.9. The van der Waals surface area contributed by atoms with E-state index in [1.165, 1.54) is 5.57 Å². The van der Waals surface area contributed by atoms with E-state index in [4.69, 9.17) is 23.7 Å². The number of rotatable bonds is 8. The van der Waals surface area contributed by atoms with Gasteiger partial charge in [0.15, 0.2) is 6.10 Å². The van der Waals surface area contributed by atoms with Gasteiger partial charge in [0.25, 0.3) is 0 Å². The van der Waals surface area contributed by atoms with Crippen LogP contribution < -0.4 is 0 Å². The Labute approximate surface area is 143 Å². The van der Waals surface area contributed by atoms with E-state index in [1.807, 2.05) is 0 Å². The molecule has 24 heavy (non-hydrogen) atoms. The van der Waals surface area contributed by atoms with Crippen LogP contribution in [0.4, 0.5) is 0 Å². The molecule has 0 amide bonds. The molecule has 0 unspecified atom stereocenters. The summed E-state index contributed by atoms with van der Waals surface area (Å²) in [6.07, 6.45) is 4.14. The van der Waals surface area contributed by atoms with Crippen molar-refractivity contribution in [2.45, 2.75) is 38.6 Å². The predicted octanol–water partition coefficient (Wildman–Crippen LogP) is 1.89. The summed E-state index contributed by atoms with van der Waals surface area (Å²) in [5.41, 5.74) is 1.79. The third-order valence-electron chi connectivity index (χ3n) is 4.43. The highest BCUT2D eigenvalue weighted by molar-refractivity contribution is 5.87. The SMILES string of the molecule is COCC=C(C)C[C@H]1CO[C@H]2[C@@H]1OC[C@H]2OC(=O)C(C)=CCOC. The number of methoxy groups -OCH3 is 2. The second-order valence-corrected chi connectivity index (χ2v) is 6.35. The van der Waals surface area contributed by atoms with Crippen molar-refractivity contribution in [3.63, 3.8) is 0 Å². The van der Waals surface area contributed by atoms with Crippen LogP contribution in [-0.2, 0) is 28.5 Å². The van der Waals surface area contributed by atoms with Crippen molar-refractivity contribution in [3.05, 3.63) is 23.3 Å². The lowest BCUT2D eigenvalue weighted by molar-refractivity contribution is -0.148. The number of carbonyl (C=O) groups is 1. The molecule has 0 aromatic carbocycles. The van der Waals surface area contributed by atoms with E-state index in [2.05, 4.69) is 13.0 Å². The normalized spacial score (nSPS) is 30.5. The van der Waals surface area contributed by atoms with Gasteiger partial charge in [-0.15, -0.1) is 0 Å². The van der Waals surface area contributed by atoms with Crippen LogP contribution in [0, 0.1) is 5.92 Å². The summed E-state index contributed by atoms with van der Waals surface area (Å²) in [4.78, 5) is 12.1. The maximum absolute atomic E-state index is 12.1. The predicted molar refractivity (Wildman–Crippen MR) is 88.7 cm³/mol. The van der Waals surface area contributed by atoms with Crippen molar-refractivity contribution in [3.8, 4) is 0 Å². The molecule has 4 atom stereocenters. The lowest BCUT2D eigenvalue weighted by Crippen LogP contribution is -2.33. The maximum atomic E-state index is 12.1. The number of ether oxygens (including phenoxy) is 5. The fraction of sp³-hybridized carbons (Fsp3) is 0.722. The molecular formula is C18H28O6. The molecule has 2 aliphatic rings. The highest BCUT2D eigenvalue weighted by atomic mass is 16.6.